The van der Waals surface area contributed by atoms with Crippen molar-refractivity contribution in [1.82, 2.24) is 4.72 Å². The van der Waals surface area contributed by atoms with Crippen LogP contribution in [0, 0.1) is 0 Å². The highest BCUT2D eigenvalue weighted by atomic mass is 79.9. The van der Waals surface area contributed by atoms with Crippen molar-refractivity contribution in [1.29, 1.82) is 0 Å². The summed E-state index contributed by atoms with van der Waals surface area (Å²) in [6.45, 7) is -0.445. The number of carbonyl (C=O) groups is 1. The topological polar surface area (TPSA) is 98.5 Å². The summed E-state index contributed by atoms with van der Waals surface area (Å²) in [5.41, 5.74) is 5.68. The van der Waals surface area contributed by atoms with Gasteiger partial charge in [0.1, 0.15) is 11.4 Å². The summed E-state index contributed by atoms with van der Waals surface area (Å²) < 4.78 is 30.5. The van der Waals surface area contributed by atoms with E-state index in [2.05, 4.69) is 25.4 Å². The van der Waals surface area contributed by atoms with Crippen LogP contribution in [0.1, 0.15) is 0 Å². The maximum atomic E-state index is 11.9. The number of benzene rings is 1. The predicted molar refractivity (Wildman–Crippen MR) is 65.8 cm³/mol. The molecular formula is C9H11BrN2O4S. The van der Waals surface area contributed by atoms with Gasteiger partial charge in [-0.25, -0.2) is 8.42 Å². The summed E-state index contributed by atoms with van der Waals surface area (Å²) in [6, 6.07) is 4.61. The van der Waals surface area contributed by atoms with Crippen molar-refractivity contribution in [3.63, 3.8) is 0 Å². The zero-order valence-electron chi connectivity index (χ0n) is 8.94. The first-order chi connectivity index (χ1) is 7.88. The Kier molecular flexibility index (Phi) is 4.49. The molecule has 0 aliphatic rings. The van der Waals surface area contributed by atoms with Gasteiger partial charge in [0.15, 0.2) is 0 Å². The number of hydrogen-bond donors (Lipinski definition) is 2. The summed E-state index contributed by atoms with van der Waals surface area (Å²) >= 11 is 3.09. The molecule has 0 bridgehead atoms. The number of nitrogens with two attached hydrogens (primary N) is 1. The van der Waals surface area contributed by atoms with Crippen molar-refractivity contribution in [2.24, 2.45) is 0 Å². The smallest absolute Gasteiger partial charge is 0.320 e. The lowest BCUT2D eigenvalue weighted by Gasteiger charge is -2.09. The lowest BCUT2D eigenvalue weighted by molar-refractivity contribution is -0.139. The maximum Gasteiger partial charge on any atom is 0.320 e. The molecule has 8 heteroatoms. The highest BCUT2D eigenvalue weighted by molar-refractivity contribution is 9.10. The van der Waals surface area contributed by atoms with Crippen molar-refractivity contribution in [2.45, 2.75) is 4.90 Å². The van der Waals surface area contributed by atoms with E-state index >= 15 is 0 Å². The molecule has 0 aliphatic heterocycles. The quantitative estimate of drug-likeness (QED) is 0.620. The Hall–Kier alpha value is -1.12. The molecule has 0 amide bonds. The number of sulfonamides is 1. The molecule has 0 unspecified atom stereocenters. The Bertz CT molecular complexity index is 510. The van der Waals surface area contributed by atoms with Gasteiger partial charge in [-0.3, -0.25) is 4.79 Å². The second kappa shape index (κ2) is 5.48. The summed E-state index contributed by atoms with van der Waals surface area (Å²) in [4.78, 5) is 10.8. The van der Waals surface area contributed by atoms with Gasteiger partial charge >= 0.3 is 5.97 Å². The third kappa shape index (κ3) is 3.42. The van der Waals surface area contributed by atoms with E-state index in [9.17, 15) is 13.2 Å². The molecule has 1 rings (SSSR count). The van der Waals surface area contributed by atoms with E-state index < -0.39 is 22.5 Å². The van der Waals surface area contributed by atoms with E-state index in [0.717, 1.165) is 0 Å². The van der Waals surface area contributed by atoms with Crippen molar-refractivity contribution in [3.8, 4) is 0 Å². The number of nitrogens with one attached hydrogen (secondary N) is 1. The highest BCUT2D eigenvalue weighted by Crippen LogP contribution is 2.26. The molecular weight excluding hydrogens is 312 g/mol. The van der Waals surface area contributed by atoms with E-state index in [-0.39, 0.29) is 10.6 Å². The number of halogens is 1. The maximum absolute atomic E-state index is 11.9. The van der Waals surface area contributed by atoms with Crippen LogP contribution < -0.4 is 10.5 Å². The monoisotopic (exact) mass is 322 g/mol. The minimum atomic E-state index is -3.85. The molecule has 0 saturated carbocycles. The van der Waals surface area contributed by atoms with E-state index in [1.807, 2.05) is 0 Å². The van der Waals surface area contributed by atoms with Crippen LogP contribution in [0.2, 0.25) is 0 Å². The molecule has 6 nitrogen and oxygen atoms in total. The molecule has 1 aromatic carbocycles. The Labute approximate surface area is 107 Å². The lowest BCUT2D eigenvalue weighted by Crippen LogP contribution is -2.31. The van der Waals surface area contributed by atoms with Gasteiger partial charge in [0.2, 0.25) is 10.0 Å². The molecule has 0 heterocycles. The van der Waals surface area contributed by atoms with Crippen LogP contribution in [0.3, 0.4) is 0 Å². The van der Waals surface area contributed by atoms with Crippen molar-refractivity contribution in [2.75, 3.05) is 19.4 Å². The molecule has 0 fully saturated rings. The zero-order valence-corrected chi connectivity index (χ0v) is 11.3. The van der Waals surface area contributed by atoms with E-state index in [1.165, 1.54) is 13.2 Å². The average molecular weight is 323 g/mol. The van der Waals surface area contributed by atoms with Gasteiger partial charge in [-0.2, -0.15) is 4.72 Å². The van der Waals surface area contributed by atoms with Crippen LogP contribution in [0.15, 0.2) is 27.6 Å². The lowest BCUT2D eigenvalue weighted by atomic mass is 10.3. The molecule has 0 radical (unpaired) electrons. The van der Waals surface area contributed by atoms with Gasteiger partial charge in [-0.05, 0) is 28.1 Å². The molecule has 0 atom stereocenters. The van der Waals surface area contributed by atoms with Crippen LogP contribution in [0.5, 0.6) is 0 Å². The van der Waals surface area contributed by atoms with Crippen molar-refractivity contribution < 1.29 is 17.9 Å². The van der Waals surface area contributed by atoms with Gasteiger partial charge in [0.25, 0.3) is 0 Å². The van der Waals surface area contributed by atoms with Gasteiger partial charge in [-0.1, -0.05) is 6.07 Å². The van der Waals surface area contributed by atoms with Gasteiger partial charge in [0, 0.05) is 4.47 Å². The summed E-state index contributed by atoms with van der Waals surface area (Å²) in [7, 11) is -2.68. The summed E-state index contributed by atoms with van der Waals surface area (Å²) in [6.07, 6.45) is 0. The first-order valence-corrected chi connectivity index (χ1v) is 6.76. The number of hydrogen-bond acceptors (Lipinski definition) is 5. The molecule has 0 aliphatic carbocycles. The minimum absolute atomic E-state index is 0.0936. The second-order valence-electron chi connectivity index (χ2n) is 3.06. The van der Waals surface area contributed by atoms with Crippen molar-refractivity contribution in [3.05, 3.63) is 22.7 Å². The van der Waals surface area contributed by atoms with Gasteiger partial charge < -0.3 is 10.5 Å². The molecule has 0 spiro atoms. The molecule has 94 valence electrons. The number of anilines is 1. The fraction of sp³-hybridized carbons (Fsp3) is 0.222. The Morgan fingerprint density at radius 1 is 1.53 bits per heavy atom. The number of esters is 1. The highest BCUT2D eigenvalue weighted by Gasteiger charge is 2.21. The number of rotatable bonds is 4. The SMILES string of the molecule is COC(=O)CNS(=O)(=O)c1c(N)cccc1Br. The number of methoxy groups -OCH3 is 1. The predicted octanol–water partition coefficient (Wildman–Crippen LogP) is 0.483. The van der Waals surface area contributed by atoms with Crippen molar-refractivity contribution >= 4 is 37.6 Å². The largest absolute Gasteiger partial charge is 0.468 e. The first-order valence-electron chi connectivity index (χ1n) is 4.49. The minimum Gasteiger partial charge on any atom is -0.468 e. The third-order valence-corrected chi connectivity index (χ3v) is 4.34. The molecule has 1 aromatic rings. The number of carbonyl (C=O) groups excluding carboxylic acids is 1. The van der Waals surface area contributed by atoms with Crippen LogP contribution in [0.25, 0.3) is 0 Å². The zero-order chi connectivity index (χ0) is 13.1. The molecule has 17 heavy (non-hydrogen) atoms. The van der Waals surface area contributed by atoms with Gasteiger partial charge in [-0.15, -0.1) is 0 Å². The Morgan fingerprint density at radius 3 is 2.71 bits per heavy atom. The second-order valence-corrected chi connectivity index (χ2v) is 5.62. The normalized spacial score (nSPS) is 11.2. The van der Waals surface area contributed by atoms with Crippen LogP contribution >= 0.6 is 15.9 Å². The van der Waals surface area contributed by atoms with E-state index in [0.29, 0.717) is 4.47 Å². The third-order valence-electron chi connectivity index (χ3n) is 1.90. The average Bonchev–Trinajstić information content (AvgIpc) is 2.25. The van der Waals surface area contributed by atoms with E-state index in [4.69, 9.17) is 5.73 Å². The summed E-state index contributed by atoms with van der Waals surface area (Å²) in [5.74, 6) is -0.681. The molecule has 0 aromatic heterocycles. The van der Waals surface area contributed by atoms with Crippen LogP contribution in [-0.2, 0) is 19.6 Å². The molecule has 0 saturated heterocycles. The number of nitrogen functional groups attached to an aromatic ring is 1. The molecule has 3 N–H and O–H groups in total. The Morgan fingerprint density at radius 2 is 2.18 bits per heavy atom. The van der Waals surface area contributed by atoms with E-state index in [1.54, 1.807) is 12.1 Å². The standard InChI is InChI=1S/C9H11BrN2O4S/c1-16-8(13)5-12-17(14,15)9-6(10)3-2-4-7(9)11/h2-4,12H,5,11H2,1H3. The summed E-state index contributed by atoms with van der Waals surface area (Å²) in [5, 5.41) is 0. The first kappa shape index (κ1) is 13.9. The fourth-order valence-corrected chi connectivity index (χ4v) is 3.28. The Balaban J connectivity index is 3.02. The van der Waals surface area contributed by atoms with Crippen LogP contribution in [-0.4, -0.2) is 28.0 Å². The van der Waals surface area contributed by atoms with Crippen LogP contribution in [0.4, 0.5) is 5.69 Å². The van der Waals surface area contributed by atoms with Gasteiger partial charge in [0.05, 0.1) is 12.8 Å². The number of ether oxygens (including phenoxy) is 1. The fourth-order valence-electron chi connectivity index (χ4n) is 1.11.